The number of tetrazole rings is 1. The van der Waals surface area contributed by atoms with Crippen LogP contribution in [0.2, 0.25) is 0 Å². The Kier molecular flexibility index (Phi) is 2.62. The highest BCUT2D eigenvalue weighted by Gasteiger charge is 2.05. The molecule has 2 rings (SSSR count). The van der Waals surface area contributed by atoms with Gasteiger partial charge in [0.25, 0.3) is 0 Å². The zero-order valence-corrected chi connectivity index (χ0v) is 8.71. The Morgan fingerprint density at radius 3 is 2.87 bits per heavy atom. The van der Waals surface area contributed by atoms with Crippen molar-refractivity contribution in [1.82, 2.24) is 20.2 Å². The van der Waals surface area contributed by atoms with Crippen LogP contribution in [0.3, 0.4) is 0 Å². The molecule has 0 aliphatic rings. The lowest BCUT2D eigenvalue weighted by atomic mass is 10.1. The third-order valence-electron chi connectivity index (χ3n) is 2.27. The average molecular weight is 204 g/mol. The molecule has 2 aromatic rings. The van der Waals surface area contributed by atoms with E-state index in [4.69, 9.17) is 4.74 Å². The second kappa shape index (κ2) is 4.08. The molecule has 1 heterocycles. The van der Waals surface area contributed by atoms with Gasteiger partial charge in [-0.2, -0.15) is 0 Å². The van der Waals surface area contributed by atoms with Crippen molar-refractivity contribution in [1.29, 1.82) is 0 Å². The van der Waals surface area contributed by atoms with Crippen molar-refractivity contribution in [3.63, 3.8) is 0 Å². The first-order valence-electron chi connectivity index (χ1n) is 4.75. The van der Waals surface area contributed by atoms with Gasteiger partial charge < -0.3 is 4.74 Å². The van der Waals surface area contributed by atoms with E-state index in [0.29, 0.717) is 0 Å². The molecule has 15 heavy (non-hydrogen) atoms. The SMILES string of the molecule is CCc1ccc(OC)cc1-n1cnnn1. The quantitative estimate of drug-likeness (QED) is 0.754. The zero-order chi connectivity index (χ0) is 10.7. The lowest BCUT2D eigenvalue weighted by molar-refractivity contribution is 0.414. The summed E-state index contributed by atoms with van der Waals surface area (Å²) in [6.07, 6.45) is 2.51. The Bertz CT molecular complexity index is 439. The van der Waals surface area contributed by atoms with Crippen LogP contribution < -0.4 is 4.74 Å². The van der Waals surface area contributed by atoms with Gasteiger partial charge in [0, 0.05) is 6.07 Å². The maximum absolute atomic E-state index is 5.17. The number of aromatic nitrogens is 4. The molecule has 78 valence electrons. The van der Waals surface area contributed by atoms with Gasteiger partial charge in [0.15, 0.2) is 0 Å². The van der Waals surface area contributed by atoms with E-state index < -0.39 is 0 Å². The molecule has 1 aromatic heterocycles. The first kappa shape index (κ1) is 9.64. The Morgan fingerprint density at radius 1 is 1.40 bits per heavy atom. The summed E-state index contributed by atoms with van der Waals surface area (Å²) in [5.41, 5.74) is 2.14. The molecule has 0 aliphatic carbocycles. The van der Waals surface area contributed by atoms with Crippen LogP contribution in [0.25, 0.3) is 5.69 Å². The highest BCUT2D eigenvalue weighted by atomic mass is 16.5. The van der Waals surface area contributed by atoms with Gasteiger partial charge in [-0.3, -0.25) is 0 Å². The fourth-order valence-corrected chi connectivity index (χ4v) is 1.45. The third-order valence-corrected chi connectivity index (χ3v) is 2.27. The van der Waals surface area contributed by atoms with Crippen molar-refractivity contribution >= 4 is 0 Å². The standard InChI is InChI=1S/C10H12N4O/c1-3-8-4-5-9(15-2)6-10(8)14-7-11-12-13-14/h4-7H,3H2,1-2H3. The summed E-state index contributed by atoms with van der Waals surface area (Å²) in [5, 5.41) is 11.1. The molecule has 0 atom stereocenters. The highest BCUT2D eigenvalue weighted by molar-refractivity contribution is 5.45. The van der Waals surface area contributed by atoms with Gasteiger partial charge in [-0.05, 0) is 28.5 Å². The molecule has 0 fully saturated rings. The summed E-state index contributed by atoms with van der Waals surface area (Å²) in [4.78, 5) is 0. The van der Waals surface area contributed by atoms with Gasteiger partial charge in [-0.15, -0.1) is 5.10 Å². The summed E-state index contributed by atoms with van der Waals surface area (Å²) in [5.74, 6) is 0.803. The molecule has 5 heteroatoms. The number of rotatable bonds is 3. The first-order chi connectivity index (χ1) is 7.35. The van der Waals surface area contributed by atoms with Crippen LogP contribution in [-0.4, -0.2) is 27.3 Å². The molecule has 0 radical (unpaired) electrons. The van der Waals surface area contributed by atoms with Crippen LogP contribution in [0.1, 0.15) is 12.5 Å². The number of methoxy groups -OCH3 is 1. The monoisotopic (exact) mass is 204 g/mol. The third kappa shape index (κ3) is 1.81. The van der Waals surface area contributed by atoms with Gasteiger partial charge in [0.05, 0.1) is 12.8 Å². The van der Waals surface area contributed by atoms with Gasteiger partial charge in [0.1, 0.15) is 12.1 Å². The number of benzene rings is 1. The van der Waals surface area contributed by atoms with Gasteiger partial charge in [-0.1, -0.05) is 13.0 Å². The first-order valence-corrected chi connectivity index (χ1v) is 4.75. The number of ether oxygens (including phenoxy) is 1. The van der Waals surface area contributed by atoms with Crippen molar-refractivity contribution in [3.8, 4) is 11.4 Å². The molecule has 0 bridgehead atoms. The molecule has 0 saturated carbocycles. The maximum atomic E-state index is 5.17. The summed E-state index contributed by atoms with van der Waals surface area (Å²) in [6.45, 7) is 2.09. The van der Waals surface area contributed by atoms with Crippen molar-refractivity contribution < 1.29 is 4.74 Å². The predicted molar refractivity (Wildman–Crippen MR) is 55.1 cm³/mol. The predicted octanol–water partition coefficient (Wildman–Crippen LogP) is 1.23. The summed E-state index contributed by atoms with van der Waals surface area (Å²) < 4.78 is 6.81. The zero-order valence-electron chi connectivity index (χ0n) is 8.71. The largest absolute Gasteiger partial charge is 0.497 e. The molecular formula is C10H12N4O. The van der Waals surface area contributed by atoms with Gasteiger partial charge in [0.2, 0.25) is 0 Å². The smallest absolute Gasteiger partial charge is 0.143 e. The van der Waals surface area contributed by atoms with Crippen LogP contribution in [-0.2, 0) is 6.42 Å². The second-order valence-electron chi connectivity index (χ2n) is 3.10. The lowest BCUT2D eigenvalue weighted by Gasteiger charge is -2.08. The molecule has 0 aliphatic heterocycles. The fraction of sp³-hybridized carbons (Fsp3) is 0.300. The summed E-state index contributed by atoms with van der Waals surface area (Å²) >= 11 is 0. The normalized spacial score (nSPS) is 10.3. The molecular weight excluding hydrogens is 192 g/mol. The number of hydrogen-bond donors (Lipinski definition) is 0. The van der Waals surface area contributed by atoms with E-state index in [-0.39, 0.29) is 0 Å². The molecule has 5 nitrogen and oxygen atoms in total. The number of nitrogens with zero attached hydrogens (tertiary/aromatic N) is 4. The van der Waals surface area contributed by atoms with E-state index in [1.807, 2.05) is 18.2 Å². The Hall–Kier alpha value is -1.91. The van der Waals surface area contributed by atoms with E-state index in [1.54, 1.807) is 18.1 Å². The molecule has 0 N–H and O–H groups in total. The Morgan fingerprint density at radius 2 is 2.27 bits per heavy atom. The van der Waals surface area contributed by atoms with Crippen LogP contribution >= 0.6 is 0 Å². The van der Waals surface area contributed by atoms with Gasteiger partial charge in [-0.25, -0.2) is 4.68 Å². The van der Waals surface area contributed by atoms with Crippen LogP contribution in [0.5, 0.6) is 5.75 Å². The van der Waals surface area contributed by atoms with Crippen molar-refractivity contribution in [3.05, 3.63) is 30.1 Å². The van der Waals surface area contributed by atoms with Crippen molar-refractivity contribution in [2.45, 2.75) is 13.3 Å². The van der Waals surface area contributed by atoms with E-state index in [9.17, 15) is 0 Å². The van der Waals surface area contributed by atoms with Crippen LogP contribution in [0.15, 0.2) is 24.5 Å². The maximum Gasteiger partial charge on any atom is 0.143 e. The molecule has 0 amide bonds. The molecule has 0 spiro atoms. The van der Waals surface area contributed by atoms with Crippen LogP contribution in [0.4, 0.5) is 0 Å². The van der Waals surface area contributed by atoms with Gasteiger partial charge >= 0.3 is 0 Å². The second-order valence-corrected chi connectivity index (χ2v) is 3.10. The minimum Gasteiger partial charge on any atom is -0.497 e. The topological polar surface area (TPSA) is 52.8 Å². The Balaban J connectivity index is 2.52. The lowest BCUT2D eigenvalue weighted by Crippen LogP contribution is -2.00. The minimum atomic E-state index is 0.803. The van der Waals surface area contributed by atoms with E-state index in [1.165, 1.54) is 5.56 Å². The highest BCUT2D eigenvalue weighted by Crippen LogP contribution is 2.20. The molecule has 1 aromatic carbocycles. The number of hydrogen-bond acceptors (Lipinski definition) is 4. The van der Waals surface area contributed by atoms with E-state index >= 15 is 0 Å². The Labute approximate surface area is 87.7 Å². The van der Waals surface area contributed by atoms with Crippen molar-refractivity contribution in [2.24, 2.45) is 0 Å². The average Bonchev–Trinajstić information content (AvgIpc) is 2.81. The minimum absolute atomic E-state index is 0.803. The fourth-order valence-electron chi connectivity index (χ4n) is 1.45. The summed E-state index contributed by atoms with van der Waals surface area (Å²) in [6, 6.07) is 5.89. The van der Waals surface area contributed by atoms with E-state index in [0.717, 1.165) is 17.9 Å². The number of aryl methyl sites for hydroxylation is 1. The van der Waals surface area contributed by atoms with E-state index in [2.05, 4.69) is 22.4 Å². The van der Waals surface area contributed by atoms with Crippen molar-refractivity contribution in [2.75, 3.05) is 7.11 Å². The molecule has 0 unspecified atom stereocenters. The summed E-state index contributed by atoms with van der Waals surface area (Å²) in [7, 11) is 1.64. The van der Waals surface area contributed by atoms with Crippen LogP contribution in [0, 0.1) is 0 Å². The molecule has 0 saturated heterocycles.